The van der Waals surface area contributed by atoms with Crippen molar-refractivity contribution in [3.05, 3.63) is 103 Å². The standard InChI is InChI=1S/C26H27F3O3.C2H4/c1-16(14-24(27)17(2)31-3)32-15-18-4-6-19(7-5-18)22-12-13-23(26(29)25(22)28)20-8-10-21(30)11-9-20;1-2/h8-14,18-19,30H,1-2,4-7,15H2,3H3;1-2H2/b24-14+;. The average Bonchev–Trinajstić information content (AvgIpc) is 2.86. The molecule has 1 saturated carbocycles. The molecule has 1 N–H and O–H groups in total. The molecule has 0 saturated heterocycles. The number of methoxy groups -OCH3 is 1. The first kappa shape index (κ1) is 26.8. The molecule has 0 unspecified atom stereocenters. The van der Waals surface area contributed by atoms with Crippen LogP contribution in [0, 0.1) is 17.6 Å². The van der Waals surface area contributed by atoms with Gasteiger partial charge in [-0.25, -0.2) is 13.2 Å². The highest BCUT2D eigenvalue weighted by Gasteiger charge is 2.27. The summed E-state index contributed by atoms with van der Waals surface area (Å²) in [7, 11) is 1.33. The van der Waals surface area contributed by atoms with Gasteiger partial charge in [0.05, 0.1) is 13.7 Å². The van der Waals surface area contributed by atoms with Crippen molar-refractivity contribution in [1.82, 2.24) is 0 Å². The van der Waals surface area contributed by atoms with Crippen LogP contribution in [-0.4, -0.2) is 18.8 Å². The second-order valence-corrected chi connectivity index (χ2v) is 7.99. The molecular weight excluding hydrogens is 441 g/mol. The first-order valence-corrected chi connectivity index (χ1v) is 11.0. The van der Waals surface area contributed by atoms with Crippen LogP contribution < -0.4 is 0 Å². The van der Waals surface area contributed by atoms with E-state index in [0.29, 0.717) is 30.6 Å². The largest absolute Gasteiger partial charge is 0.508 e. The van der Waals surface area contributed by atoms with Crippen LogP contribution in [0.25, 0.3) is 11.1 Å². The molecule has 34 heavy (non-hydrogen) atoms. The van der Waals surface area contributed by atoms with Crippen LogP contribution in [0.15, 0.2) is 86.1 Å². The van der Waals surface area contributed by atoms with Gasteiger partial charge in [0.2, 0.25) is 0 Å². The van der Waals surface area contributed by atoms with E-state index in [1.54, 1.807) is 24.3 Å². The van der Waals surface area contributed by atoms with Gasteiger partial charge in [-0.15, -0.1) is 13.2 Å². The van der Waals surface area contributed by atoms with Gasteiger partial charge in [0.1, 0.15) is 17.3 Å². The maximum atomic E-state index is 14.9. The normalized spacial score (nSPS) is 17.8. The van der Waals surface area contributed by atoms with Crippen LogP contribution in [0.3, 0.4) is 0 Å². The minimum atomic E-state index is -0.874. The summed E-state index contributed by atoms with van der Waals surface area (Å²) in [6.07, 6.45) is 4.12. The Morgan fingerprint density at radius 2 is 1.62 bits per heavy atom. The fourth-order valence-corrected chi connectivity index (χ4v) is 3.97. The Morgan fingerprint density at radius 3 is 2.21 bits per heavy atom. The van der Waals surface area contributed by atoms with E-state index in [1.807, 2.05) is 0 Å². The molecule has 0 amide bonds. The van der Waals surface area contributed by atoms with Crippen molar-refractivity contribution in [2.75, 3.05) is 13.7 Å². The Balaban J connectivity index is 0.00000199. The van der Waals surface area contributed by atoms with Crippen LogP contribution >= 0.6 is 0 Å². The number of halogens is 3. The molecule has 2 aromatic rings. The predicted molar refractivity (Wildman–Crippen MR) is 130 cm³/mol. The summed E-state index contributed by atoms with van der Waals surface area (Å²) >= 11 is 0. The third-order valence-corrected chi connectivity index (χ3v) is 5.88. The number of rotatable bonds is 8. The van der Waals surface area contributed by atoms with Crippen molar-refractivity contribution >= 4 is 0 Å². The summed E-state index contributed by atoms with van der Waals surface area (Å²) in [5, 5.41) is 9.39. The van der Waals surface area contributed by atoms with E-state index in [0.717, 1.165) is 18.9 Å². The molecule has 0 radical (unpaired) electrons. The molecular formula is C28H31F3O3. The number of ether oxygens (including phenoxy) is 2. The van der Waals surface area contributed by atoms with Crippen molar-refractivity contribution in [2.45, 2.75) is 31.6 Å². The highest BCUT2D eigenvalue weighted by atomic mass is 19.2. The fraction of sp³-hybridized carbons (Fsp3) is 0.286. The summed E-state index contributed by atoms with van der Waals surface area (Å²) in [6.45, 7) is 13.5. The minimum absolute atomic E-state index is 0.0668. The maximum Gasteiger partial charge on any atom is 0.168 e. The molecule has 0 spiro atoms. The van der Waals surface area contributed by atoms with Gasteiger partial charge in [-0.3, -0.25) is 0 Å². The summed E-state index contributed by atoms with van der Waals surface area (Å²) in [4.78, 5) is 0. The molecule has 1 aliphatic rings. The summed E-state index contributed by atoms with van der Waals surface area (Å²) in [6, 6.07) is 9.23. The van der Waals surface area contributed by atoms with E-state index in [4.69, 9.17) is 9.47 Å². The van der Waals surface area contributed by atoms with Gasteiger partial charge >= 0.3 is 0 Å². The van der Waals surface area contributed by atoms with E-state index in [-0.39, 0.29) is 34.7 Å². The van der Waals surface area contributed by atoms with Gasteiger partial charge in [0.15, 0.2) is 17.5 Å². The first-order chi connectivity index (χ1) is 16.3. The van der Waals surface area contributed by atoms with Crippen molar-refractivity contribution in [3.8, 4) is 16.9 Å². The Hall–Kier alpha value is -3.41. The lowest BCUT2D eigenvalue weighted by atomic mass is 9.78. The summed E-state index contributed by atoms with van der Waals surface area (Å²) in [5.74, 6) is -2.02. The average molecular weight is 473 g/mol. The zero-order chi connectivity index (χ0) is 25.3. The third-order valence-electron chi connectivity index (χ3n) is 5.88. The number of phenolic OH excluding ortho intramolecular Hbond substituents is 1. The molecule has 0 bridgehead atoms. The summed E-state index contributed by atoms with van der Waals surface area (Å²) < 4.78 is 53.6. The highest BCUT2D eigenvalue weighted by molar-refractivity contribution is 5.65. The number of hydrogen-bond acceptors (Lipinski definition) is 3. The van der Waals surface area contributed by atoms with E-state index in [2.05, 4.69) is 26.3 Å². The van der Waals surface area contributed by atoms with E-state index in [1.165, 1.54) is 19.2 Å². The monoisotopic (exact) mass is 472 g/mol. The number of hydrogen-bond donors (Lipinski definition) is 1. The molecule has 2 aromatic carbocycles. The van der Waals surface area contributed by atoms with Gasteiger partial charge in [-0.2, -0.15) is 0 Å². The second kappa shape index (κ2) is 12.7. The number of allylic oxidation sites excluding steroid dienone is 2. The zero-order valence-corrected chi connectivity index (χ0v) is 19.5. The van der Waals surface area contributed by atoms with Crippen LogP contribution in [0.4, 0.5) is 13.2 Å². The van der Waals surface area contributed by atoms with Crippen molar-refractivity contribution in [1.29, 1.82) is 0 Å². The molecule has 182 valence electrons. The predicted octanol–water partition coefficient (Wildman–Crippen LogP) is 7.96. The maximum absolute atomic E-state index is 14.9. The topological polar surface area (TPSA) is 38.7 Å². The van der Waals surface area contributed by atoms with Crippen LogP contribution in [0.5, 0.6) is 5.75 Å². The van der Waals surface area contributed by atoms with Gasteiger partial charge in [0.25, 0.3) is 0 Å². The Kier molecular flexibility index (Phi) is 10.0. The highest BCUT2D eigenvalue weighted by Crippen LogP contribution is 2.39. The number of aromatic hydroxyl groups is 1. The van der Waals surface area contributed by atoms with E-state index in [9.17, 15) is 18.3 Å². The lowest BCUT2D eigenvalue weighted by Gasteiger charge is -2.29. The quantitative estimate of drug-likeness (QED) is 0.241. The summed E-state index contributed by atoms with van der Waals surface area (Å²) in [5.41, 5.74) is 1.06. The van der Waals surface area contributed by atoms with Gasteiger partial charge < -0.3 is 14.6 Å². The van der Waals surface area contributed by atoms with Gasteiger partial charge in [-0.05, 0) is 60.8 Å². The SMILES string of the molecule is C=C.C=C(/C=C(/F)C(=C)OC)OCC1CCC(c2ccc(-c3ccc(O)cc3)c(F)c2F)CC1. The molecule has 1 aliphatic carbocycles. The molecule has 6 heteroatoms. The van der Waals surface area contributed by atoms with Crippen molar-refractivity contribution < 1.29 is 27.8 Å². The molecule has 1 fully saturated rings. The molecule has 3 rings (SSSR count). The van der Waals surface area contributed by atoms with Crippen LogP contribution in [0.1, 0.15) is 37.2 Å². The first-order valence-electron chi connectivity index (χ1n) is 11.0. The Bertz CT molecular complexity index is 1020. The minimum Gasteiger partial charge on any atom is -0.508 e. The van der Waals surface area contributed by atoms with E-state index >= 15 is 0 Å². The molecule has 0 aliphatic heterocycles. The van der Waals surface area contributed by atoms with Crippen LogP contribution in [0.2, 0.25) is 0 Å². The van der Waals surface area contributed by atoms with Gasteiger partial charge in [-0.1, -0.05) is 37.4 Å². The molecule has 0 heterocycles. The lowest BCUT2D eigenvalue weighted by molar-refractivity contribution is 0.144. The fourth-order valence-electron chi connectivity index (χ4n) is 3.97. The van der Waals surface area contributed by atoms with Crippen LogP contribution in [-0.2, 0) is 9.47 Å². The zero-order valence-electron chi connectivity index (χ0n) is 19.5. The Morgan fingerprint density at radius 1 is 1.00 bits per heavy atom. The Labute approximate surface area is 199 Å². The van der Waals surface area contributed by atoms with Gasteiger partial charge in [0, 0.05) is 11.6 Å². The molecule has 3 nitrogen and oxygen atoms in total. The van der Waals surface area contributed by atoms with E-state index < -0.39 is 17.5 Å². The van der Waals surface area contributed by atoms with Crippen molar-refractivity contribution in [3.63, 3.8) is 0 Å². The lowest BCUT2D eigenvalue weighted by Crippen LogP contribution is -2.18. The number of benzene rings is 2. The smallest absolute Gasteiger partial charge is 0.168 e. The molecule has 0 atom stereocenters. The second-order valence-electron chi connectivity index (χ2n) is 7.99. The number of phenols is 1. The van der Waals surface area contributed by atoms with Crippen molar-refractivity contribution in [2.24, 2.45) is 5.92 Å². The molecule has 0 aromatic heterocycles. The third kappa shape index (κ3) is 6.80.